The van der Waals surface area contributed by atoms with Crippen molar-refractivity contribution in [2.24, 2.45) is 5.92 Å². The molecule has 0 amide bonds. The summed E-state index contributed by atoms with van der Waals surface area (Å²) in [4.78, 5) is 11.8. The predicted molar refractivity (Wildman–Crippen MR) is 83.5 cm³/mol. The highest BCUT2D eigenvalue weighted by atomic mass is 16.5. The Hall–Kier alpha value is -1.71. The zero-order chi connectivity index (χ0) is 15.2. The van der Waals surface area contributed by atoms with Gasteiger partial charge in [0.05, 0.1) is 17.9 Å². The minimum absolute atomic E-state index is 0.198. The fourth-order valence-electron chi connectivity index (χ4n) is 2.94. The lowest BCUT2D eigenvalue weighted by molar-refractivity contribution is 0.0524. The monoisotopic (exact) mass is 291 g/mol. The standard InChI is InChI=1S/C17H25NO3/c1-3-12-7-5-6-8-15(12)21-16-11-13(9-10-14(16)18)17(19)20-4-2/h9-12,15H,3-8,18H2,1-2H3. The number of ether oxygens (including phenoxy) is 2. The van der Waals surface area contributed by atoms with E-state index in [1.54, 1.807) is 25.1 Å². The summed E-state index contributed by atoms with van der Waals surface area (Å²) < 4.78 is 11.1. The smallest absolute Gasteiger partial charge is 0.338 e. The Morgan fingerprint density at radius 1 is 1.29 bits per heavy atom. The van der Waals surface area contributed by atoms with Crippen LogP contribution in [-0.2, 0) is 4.74 Å². The second-order valence-electron chi connectivity index (χ2n) is 5.58. The first kappa shape index (κ1) is 15.7. The highest BCUT2D eigenvalue weighted by molar-refractivity contribution is 5.90. The molecule has 4 heteroatoms. The van der Waals surface area contributed by atoms with Crippen molar-refractivity contribution in [2.75, 3.05) is 12.3 Å². The van der Waals surface area contributed by atoms with E-state index in [2.05, 4.69) is 6.92 Å². The van der Waals surface area contributed by atoms with Crippen molar-refractivity contribution in [3.63, 3.8) is 0 Å². The molecule has 1 aromatic rings. The van der Waals surface area contributed by atoms with Gasteiger partial charge in [0.1, 0.15) is 11.9 Å². The molecule has 0 radical (unpaired) electrons. The normalized spacial score (nSPS) is 21.8. The van der Waals surface area contributed by atoms with Gasteiger partial charge >= 0.3 is 5.97 Å². The Bertz CT molecular complexity index is 487. The van der Waals surface area contributed by atoms with Crippen molar-refractivity contribution in [3.05, 3.63) is 23.8 Å². The van der Waals surface area contributed by atoms with Gasteiger partial charge in [-0.25, -0.2) is 4.79 Å². The third-order valence-electron chi connectivity index (χ3n) is 4.17. The second kappa shape index (κ2) is 7.34. The number of carbonyl (C=O) groups excluding carboxylic acids is 1. The molecule has 0 spiro atoms. The highest BCUT2D eigenvalue weighted by Gasteiger charge is 2.26. The molecule has 1 saturated carbocycles. The summed E-state index contributed by atoms with van der Waals surface area (Å²) in [6.45, 7) is 4.35. The van der Waals surface area contributed by atoms with Crippen LogP contribution in [0.5, 0.6) is 5.75 Å². The van der Waals surface area contributed by atoms with Gasteiger partial charge in [-0.1, -0.05) is 13.3 Å². The molecular formula is C17H25NO3. The lowest BCUT2D eigenvalue weighted by Crippen LogP contribution is -2.30. The van der Waals surface area contributed by atoms with E-state index in [1.165, 1.54) is 19.3 Å². The molecule has 1 fully saturated rings. The van der Waals surface area contributed by atoms with Gasteiger partial charge in [-0.05, 0) is 56.7 Å². The van der Waals surface area contributed by atoms with Crippen LogP contribution in [0.4, 0.5) is 5.69 Å². The van der Waals surface area contributed by atoms with Gasteiger partial charge in [-0.2, -0.15) is 0 Å². The summed E-state index contributed by atoms with van der Waals surface area (Å²) >= 11 is 0. The summed E-state index contributed by atoms with van der Waals surface area (Å²) in [5.74, 6) is 0.841. The first-order chi connectivity index (χ1) is 10.2. The average molecular weight is 291 g/mol. The number of carbonyl (C=O) groups is 1. The fraction of sp³-hybridized carbons (Fsp3) is 0.588. The maximum atomic E-state index is 11.8. The summed E-state index contributed by atoms with van der Waals surface area (Å²) in [7, 11) is 0. The number of nitrogens with two attached hydrogens (primary N) is 1. The number of hydrogen-bond acceptors (Lipinski definition) is 4. The van der Waals surface area contributed by atoms with Crippen molar-refractivity contribution >= 4 is 11.7 Å². The topological polar surface area (TPSA) is 61.5 Å². The number of nitrogen functional groups attached to an aromatic ring is 1. The molecule has 2 rings (SSSR count). The Morgan fingerprint density at radius 2 is 2.05 bits per heavy atom. The van der Waals surface area contributed by atoms with Crippen LogP contribution in [0.2, 0.25) is 0 Å². The number of esters is 1. The van der Waals surface area contributed by atoms with E-state index in [9.17, 15) is 4.79 Å². The Balaban J connectivity index is 2.14. The second-order valence-corrected chi connectivity index (χ2v) is 5.58. The molecule has 2 unspecified atom stereocenters. The van der Waals surface area contributed by atoms with E-state index >= 15 is 0 Å². The average Bonchev–Trinajstić information content (AvgIpc) is 2.50. The van der Waals surface area contributed by atoms with Gasteiger partial charge in [0.15, 0.2) is 0 Å². The minimum Gasteiger partial charge on any atom is -0.488 e. The van der Waals surface area contributed by atoms with Crippen molar-refractivity contribution < 1.29 is 14.3 Å². The number of rotatable bonds is 5. The van der Waals surface area contributed by atoms with E-state index in [1.807, 2.05) is 0 Å². The van der Waals surface area contributed by atoms with E-state index in [4.69, 9.17) is 15.2 Å². The number of hydrogen-bond donors (Lipinski definition) is 1. The molecule has 0 heterocycles. The fourth-order valence-corrected chi connectivity index (χ4v) is 2.94. The molecule has 1 aliphatic rings. The van der Waals surface area contributed by atoms with Crippen molar-refractivity contribution in [1.82, 2.24) is 0 Å². The van der Waals surface area contributed by atoms with Crippen LogP contribution in [0.25, 0.3) is 0 Å². The molecule has 116 valence electrons. The molecule has 2 N–H and O–H groups in total. The molecule has 2 atom stereocenters. The van der Waals surface area contributed by atoms with Crippen LogP contribution in [0.3, 0.4) is 0 Å². The quantitative estimate of drug-likeness (QED) is 0.662. The van der Waals surface area contributed by atoms with Crippen molar-refractivity contribution in [3.8, 4) is 5.75 Å². The molecule has 4 nitrogen and oxygen atoms in total. The highest BCUT2D eigenvalue weighted by Crippen LogP contribution is 2.33. The van der Waals surface area contributed by atoms with Crippen LogP contribution < -0.4 is 10.5 Å². The van der Waals surface area contributed by atoms with Gasteiger partial charge in [0, 0.05) is 0 Å². The van der Waals surface area contributed by atoms with Gasteiger partial charge in [0.25, 0.3) is 0 Å². The molecule has 21 heavy (non-hydrogen) atoms. The van der Waals surface area contributed by atoms with Gasteiger partial charge in [-0.3, -0.25) is 0 Å². The zero-order valence-corrected chi connectivity index (χ0v) is 12.9. The molecule has 1 aliphatic carbocycles. The molecule has 0 bridgehead atoms. The molecular weight excluding hydrogens is 266 g/mol. The Kier molecular flexibility index (Phi) is 5.48. The van der Waals surface area contributed by atoms with E-state index in [0.717, 1.165) is 12.8 Å². The Labute approximate surface area is 126 Å². The van der Waals surface area contributed by atoms with Crippen LogP contribution in [-0.4, -0.2) is 18.7 Å². The zero-order valence-electron chi connectivity index (χ0n) is 12.9. The van der Waals surface area contributed by atoms with Gasteiger partial charge in [-0.15, -0.1) is 0 Å². The predicted octanol–water partition coefficient (Wildman–Crippen LogP) is 3.79. The maximum absolute atomic E-state index is 11.8. The molecule has 0 saturated heterocycles. The largest absolute Gasteiger partial charge is 0.488 e. The SMILES string of the molecule is CCOC(=O)c1ccc(N)c(OC2CCCCC2CC)c1. The van der Waals surface area contributed by atoms with Crippen LogP contribution in [0, 0.1) is 5.92 Å². The molecule has 0 aliphatic heterocycles. The van der Waals surface area contributed by atoms with Crippen LogP contribution >= 0.6 is 0 Å². The van der Waals surface area contributed by atoms with Gasteiger partial charge in [0.2, 0.25) is 0 Å². The number of benzene rings is 1. The minimum atomic E-state index is -0.335. The third kappa shape index (κ3) is 3.90. The summed E-state index contributed by atoms with van der Waals surface area (Å²) in [6, 6.07) is 5.10. The van der Waals surface area contributed by atoms with E-state index in [-0.39, 0.29) is 12.1 Å². The third-order valence-corrected chi connectivity index (χ3v) is 4.17. The van der Waals surface area contributed by atoms with E-state index < -0.39 is 0 Å². The van der Waals surface area contributed by atoms with Crippen molar-refractivity contribution in [1.29, 1.82) is 0 Å². The lowest BCUT2D eigenvalue weighted by Gasteiger charge is -2.31. The first-order valence-electron chi connectivity index (χ1n) is 7.89. The van der Waals surface area contributed by atoms with Crippen LogP contribution in [0.15, 0.2) is 18.2 Å². The lowest BCUT2D eigenvalue weighted by atomic mass is 9.85. The summed E-state index contributed by atoms with van der Waals surface area (Å²) in [5, 5.41) is 0. The molecule has 1 aromatic carbocycles. The maximum Gasteiger partial charge on any atom is 0.338 e. The summed E-state index contributed by atoms with van der Waals surface area (Å²) in [6.07, 6.45) is 6.04. The van der Waals surface area contributed by atoms with Gasteiger partial charge < -0.3 is 15.2 Å². The van der Waals surface area contributed by atoms with E-state index in [0.29, 0.717) is 29.5 Å². The summed E-state index contributed by atoms with van der Waals surface area (Å²) in [5.41, 5.74) is 7.05. The first-order valence-corrected chi connectivity index (χ1v) is 7.89. The van der Waals surface area contributed by atoms with Crippen molar-refractivity contribution in [2.45, 2.75) is 52.1 Å². The number of anilines is 1. The van der Waals surface area contributed by atoms with Crippen LogP contribution in [0.1, 0.15) is 56.3 Å². The Morgan fingerprint density at radius 3 is 2.76 bits per heavy atom. The molecule has 0 aromatic heterocycles.